The first-order valence-corrected chi connectivity index (χ1v) is 8.60. The highest BCUT2D eigenvalue weighted by molar-refractivity contribution is 8.00. The number of nitrogens with zero attached hydrogens (tertiary/aromatic N) is 2. The summed E-state index contributed by atoms with van der Waals surface area (Å²) in [6, 6.07) is 7.76. The maximum absolute atomic E-state index is 12.6. The van der Waals surface area contributed by atoms with Crippen LogP contribution in [0.5, 0.6) is 0 Å². The second-order valence-corrected chi connectivity index (χ2v) is 7.05. The standard InChI is InChI=1S/C17H13ClN2O4S/c1-9-4-5-10(7-12(9)18)20-14(21)8-13(16(20)22)25-15-11(17(23)24)3-2-6-19-15/h2-7,13H,8H2,1H3,(H,23,24)/p-1/t13-/m1/s1. The van der Waals surface area contributed by atoms with Gasteiger partial charge in [0.25, 0.3) is 0 Å². The molecule has 2 aromatic rings. The van der Waals surface area contributed by atoms with E-state index in [1.807, 2.05) is 6.92 Å². The molecule has 0 N–H and O–H groups in total. The molecule has 1 atom stereocenters. The molecule has 1 saturated heterocycles. The lowest BCUT2D eigenvalue weighted by Gasteiger charge is -2.16. The third-order valence-electron chi connectivity index (χ3n) is 3.76. The third kappa shape index (κ3) is 3.38. The Kier molecular flexibility index (Phi) is 4.78. The monoisotopic (exact) mass is 375 g/mol. The Bertz CT molecular complexity index is 887. The molecule has 0 bridgehead atoms. The fourth-order valence-corrected chi connectivity index (χ4v) is 3.74. The number of imide groups is 1. The number of carboxylic acids is 1. The number of thioether (sulfide) groups is 1. The number of rotatable bonds is 4. The van der Waals surface area contributed by atoms with Crippen LogP contribution in [0.1, 0.15) is 22.3 Å². The Morgan fingerprint density at radius 2 is 2.12 bits per heavy atom. The number of halogens is 1. The highest BCUT2D eigenvalue weighted by Crippen LogP contribution is 2.35. The Hall–Kier alpha value is -2.38. The predicted octanol–water partition coefficient (Wildman–Crippen LogP) is 1.83. The number of amides is 2. The quantitative estimate of drug-likeness (QED) is 0.757. The fourth-order valence-electron chi connectivity index (χ4n) is 2.46. The molecule has 2 heterocycles. The molecular weight excluding hydrogens is 364 g/mol. The van der Waals surface area contributed by atoms with Gasteiger partial charge in [0, 0.05) is 23.2 Å². The van der Waals surface area contributed by atoms with Gasteiger partial charge in [0.2, 0.25) is 11.8 Å². The van der Waals surface area contributed by atoms with E-state index in [2.05, 4.69) is 4.98 Å². The van der Waals surface area contributed by atoms with Gasteiger partial charge < -0.3 is 9.90 Å². The molecule has 2 amide bonds. The van der Waals surface area contributed by atoms with Crippen molar-refractivity contribution in [2.45, 2.75) is 23.6 Å². The maximum Gasteiger partial charge on any atom is 0.247 e. The van der Waals surface area contributed by atoms with Gasteiger partial charge in [-0.2, -0.15) is 0 Å². The van der Waals surface area contributed by atoms with E-state index in [4.69, 9.17) is 11.6 Å². The van der Waals surface area contributed by atoms with Crippen LogP contribution in [-0.4, -0.2) is 28.0 Å². The molecule has 8 heteroatoms. The van der Waals surface area contributed by atoms with E-state index in [-0.39, 0.29) is 22.9 Å². The summed E-state index contributed by atoms with van der Waals surface area (Å²) in [6.45, 7) is 1.82. The van der Waals surface area contributed by atoms with Crippen molar-refractivity contribution in [2.24, 2.45) is 0 Å². The summed E-state index contributed by atoms with van der Waals surface area (Å²) in [4.78, 5) is 41.2. The second kappa shape index (κ2) is 6.85. The van der Waals surface area contributed by atoms with Crippen molar-refractivity contribution in [3.63, 3.8) is 0 Å². The molecular formula is C17H12ClN2O4S-. The number of benzene rings is 1. The smallest absolute Gasteiger partial charge is 0.247 e. The Balaban J connectivity index is 1.87. The fraction of sp³-hybridized carbons (Fsp3) is 0.176. The highest BCUT2D eigenvalue weighted by Gasteiger charge is 2.40. The molecule has 1 aromatic carbocycles. The first kappa shape index (κ1) is 17.4. The molecule has 25 heavy (non-hydrogen) atoms. The van der Waals surface area contributed by atoms with Crippen molar-refractivity contribution in [2.75, 3.05) is 4.90 Å². The third-order valence-corrected chi connectivity index (χ3v) is 5.37. The maximum atomic E-state index is 12.6. The lowest BCUT2D eigenvalue weighted by molar-refractivity contribution is -0.255. The van der Waals surface area contributed by atoms with Crippen LogP contribution in [-0.2, 0) is 9.59 Å². The molecule has 6 nitrogen and oxygen atoms in total. The van der Waals surface area contributed by atoms with Crippen LogP contribution < -0.4 is 10.0 Å². The number of aromatic nitrogens is 1. The minimum Gasteiger partial charge on any atom is -0.545 e. The van der Waals surface area contributed by atoms with Crippen LogP contribution in [0.2, 0.25) is 5.02 Å². The van der Waals surface area contributed by atoms with E-state index in [0.29, 0.717) is 10.7 Å². The SMILES string of the molecule is Cc1ccc(N2C(=O)C[C@@H](Sc3ncccc3C(=O)[O-])C2=O)cc1Cl. The predicted molar refractivity (Wildman–Crippen MR) is 91.5 cm³/mol. The summed E-state index contributed by atoms with van der Waals surface area (Å²) >= 11 is 7.02. The van der Waals surface area contributed by atoms with Crippen LogP contribution in [0.15, 0.2) is 41.6 Å². The molecule has 0 spiro atoms. The summed E-state index contributed by atoms with van der Waals surface area (Å²) < 4.78 is 0. The van der Waals surface area contributed by atoms with Crippen molar-refractivity contribution in [1.82, 2.24) is 4.98 Å². The Morgan fingerprint density at radius 1 is 1.36 bits per heavy atom. The minimum atomic E-state index is -1.38. The molecule has 128 valence electrons. The average Bonchev–Trinajstić information content (AvgIpc) is 2.84. The zero-order chi connectivity index (χ0) is 18.1. The van der Waals surface area contributed by atoms with Gasteiger partial charge in [-0.25, -0.2) is 9.88 Å². The van der Waals surface area contributed by atoms with E-state index in [1.165, 1.54) is 18.3 Å². The zero-order valence-corrected chi connectivity index (χ0v) is 14.6. The van der Waals surface area contributed by atoms with E-state index < -0.39 is 17.1 Å². The first-order chi connectivity index (χ1) is 11.9. The molecule has 1 fully saturated rings. The zero-order valence-electron chi connectivity index (χ0n) is 13.1. The summed E-state index contributed by atoms with van der Waals surface area (Å²) in [5.41, 5.74) is 1.13. The molecule has 1 aromatic heterocycles. The number of hydrogen-bond donors (Lipinski definition) is 0. The molecule has 0 saturated carbocycles. The van der Waals surface area contributed by atoms with Crippen LogP contribution in [0.25, 0.3) is 0 Å². The van der Waals surface area contributed by atoms with Crippen LogP contribution >= 0.6 is 23.4 Å². The van der Waals surface area contributed by atoms with Crippen molar-refractivity contribution >= 4 is 46.8 Å². The number of pyridine rings is 1. The number of carbonyl (C=O) groups is 3. The lowest BCUT2D eigenvalue weighted by Crippen LogP contribution is -2.31. The van der Waals surface area contributed by atoms with Gasteiger partial charge in [0.05, 0.1) is 16.9 Å². The van der Waals surface area contributed by atoms with Crippen molar-refractivity contribution in [3.8, 4) is 0 Å². The molecule has 3 rings (SSSR count). The Labute approximate surface area is 152 Å². The largest absolute Gasteiger partial charge is 0.545 e. The lowest BCUT2D eigenvalue weighted by atomic mass is 10.2. The number of hydrogen-bond acceptors (Lipinski definition) is 6. The van der Waals surface area contributed by atoms with Crippen molar-refractivity contribution in [3.05, 3.63) is 52.7 Å². The minimum absolute atomic E-state index is 0.0436. The second-order valence-electron chi connectivity index (χ2n) is 5.46. The van der Waals surface area contributed by atoms with E-state index in [0.717, 1.165) is 22.2 Å². The average molecular weight is 376 g/mol. The summed E-state index contributed by atoms with van der Waals surface area (Å²) in [6.07, 6.45) is 1.38. The molecule has 0 unspecified atom stereocenters. The highest BCUT2D eigenvalue weighted by atomic mass is 35.5. The van der Waals surface area contributed by atoms with Gasteiger partial charge in [-0.1, -0.05) is 29.4 Å². The van der Waals surface area contributed by atoms with Gasteiger partial charge in [-0.15, -0.1) is 0 Å². The van der Waals surface area contributed by atoms with Crippen LogP contribution in [0.4, 0.5) is 5.69 Å². The van der Waals surface area contributed by atoms with Gasteiger partial charge in [-0.05, 0) is 36.8 Å². The number of aromatic carboxylic acids is 1. The van der Waals surface area contributed by atoms with Crippen molar-refractivity contribution in [1.29, 1.82) is 0 Å². The van der Waals surface area contributed by atoms with Crippen LogP contribution in [0.3, 0.4) is 0 Å². The topological polar surface area (TPSA) is 90.4 Å². The molecule has 0 radical (unpaired) electrons. The number of anilines is 1. The number of aryl methyl sites for hydroxylation is 1. The number of carboxylic acid groups (broad SMARTS) is 1. The molecule has 1 aliphatic heterocycles. The molecule has 1 aliphatic rings. The summed E-state index contributed by atoms with van der Waals surface area (Å²) in [7, 11) is 0. The van der Waals surface area contributed by atoms with Crippen LogP contribution in [0, 0.1) is 6.92 Å². The van der Waals surface area contributed by atoms with E-state index in [1.54, 1.807) is 18.2 Å². The van der Waals surface area contributed by atoms with Gasteiger partial charge in [0.15, 0.2) is 0 Å². The normalized spacial score (nSPS) is 17.2. The van der Waals surface area contributed by atoms with E-state index >= 15 is 0 Å². The first-order valence-electron chi connectivity index (χ1n) is 7.34. The summed E-state index contributed by atoms with van der Waals surface area (Å²) in [5, 5.41) is 11.0. The van der Waals surface area contributed by atoms with Gasteiger partial charge >= 0.3 is 0 Å². The van der Waals surface area contributed by atoms with Gasteiger partial charge in [-0.3, -0.25) is 9.59 Å². The number of carbonyl (C=O) groups excluding carboxylic acids is 3. The van der Waals surface area contributed by atoms with Gasteiger partial charge in [0.1, 0.15) is 5.03 Å². The summed E-state index contributed by atoms with van der Waals surface area (Å²) in [5.74, 6) is -2.17. The van der Waals surface area contributed by atoms with E-state index in [9.17, 15) is 19.5 Å². The molecule has 0 aliphatic carbocycles. The van der Waals surface area contributed by atoms with Crippen molar-refractivity contribution < 1.29 is 19.5 Å². The Morgan fingerprint density at radius 3 is 2.80 bits per heavy atom.